The van der Waals surface area contributed by atoms with Crippen molar-refractivity contribution in [3.05, 3.63) is 34.9 Å². The van der Waals surface area contributed by atoms with E-state index in [1.54, 1.807) is 16.8 Å². The molecule has 0 radical (unpaired) electrons. The second-order valence-electron chi connectivity index (χ2n) is 6.10. The molecule has 1 aliphatic heterocycles. The lowest BCUT2D eigenvalue weighted by molar-refractivity contribution is -0.119. The molecule has 0 aliphatic carbocycles. The number of amides is 2. The molecule has 2 heterocycles. The highest BCUT2D eigenvalue weighted by atomic mass is 35.5. The third-order valence-electron chi connectivity index (χ3n) is 4.06. The fraction of sp³-hybridized carbons (Fsp3) is 0.412. The number of benzene rings is 1. The summed E-state index contributed by atoms with van der Waals surface area (Å²) in [5.74, 6) is -0.00856. The molecule has 0 spiro atoms. The quantitative estimate of drug-likeness (QED) is 0.779. The zero-order valence-electron chi connectivity index (χ0n) is 14.4. The minimum Gasteiger partial charge on any atom is -0.354 e. The number of nitrogens with one attached hydrogen (secondary N) is 1. The molecular formula is C17H20ClN5O2S. The molecule has 0 unspecified atom stereocenters. The zero-order valence-corrected chi connectivity index (χ0v) is 16.0. The Kier molecular flexibility index (Phi) is 6.05. The Morgan fingerprint density at radius 1 is 1.35 bits per heavy atom. The number of hydrogen-bond acceptors (Lipinski definition) is 6. The number of rotatable bonds is 7. The van der Waals surface area contributed by atoms with Crippen molar-refractivity contribution in [2.24, 2.45) is 0 Å². The normalized spacial score (nSPS) is 13.9. The minimum absolute atomic E-state index is 0.0790. The summed E-state index contributed by atoms with van der Waals surface area (Å²) in [6, 6.07) is 7.57. The maximum atomic E-state index is 12.1. The Balaban J connectivity index is 1.46. The molecule has 9 heteroatoms. The van der Waals surface area contributed by atoms with Crippen LogP contribution in [0.4, 0.5) is 10.3 Å². The van der Waals surface area contributed by atoms with Crippen LogP contribution in [0.1, 0.15) is 18.4 Å². The largest absolute Gasteiger partial charge is 0.354 e. The van der Waals surface area contributed by atoms with Gasteiger partial charge in [-0.2, -0.15) is 0 Å². The molecule has 1 aromatic carbocycles. The van der Waals surface area contributed by atoms with E-state index in [2.05, 4.69) is 15.5 Å². The van der Waals surface area contributed by atoms with Gasteiger partial charge in [0.2, 0.25) is 22.1 Å². The van der Waals surface area contributed by atoms with Crippen molar-refractivity contribution in [2.75, 3.05) is 36.5 Å². The summed E-state index contributed by atoms with van der Waals surface area (Å²) in [6.07, 6.45) is 2.15. The van der Waals surface area contributed by atoms with Gasteiger partial charge < -0.3 is 10.2 Å². The molecular weight excluding hydrogens is 374 g/mol. The fourth-order valence-corrected chi connectivity index (χ4v) is 3.63. The topological polar surface area (TPSA) is 78.4 Å². The van der Waals surface area contributed by atoms with Gasteiger partial charge in [-0.05, 0) is 30.5 Å². The molecule has 0 atom stereocenters. The average molecular weight is 394 g/mol. The van der Waals surface area contributed by atoms with Crippen LogP contribution in [-0.4, -0.2) is 48.7 Å². The smallest absolute Gasteiger partial charge is 0.239 e. The maximum Gasteiger partial charge on any atom is 0.239 e. The van der Waals surface area contributed by atoms with Gasteiger partial charge in [0.25, 0.3) is 0 Å². The van der Waals surface area contributed by atoms with Crippen LogP contribution in [0.25, 0.3) is 0 Å². The summed E-state index contributed by atoms with van der Waals surface area (Å²) < 4.78 is 0. The summed E-state index contributed by atoms with van der Waals surface area (Å²) in [5, 5.41) is 13.0. The van der Waals surface area contributed by atoms with Gasteiger partial charge in [0.05, 0.1) is 6.54 Å². The van der Waals surface area contributed by atoms with Crippen molar-refractivity contribution in [3.63, 3.8) is 0 Å². The first kappa shape index (κ1) is 18.6. The number of anilines is 2. The van der Waals surface area contributed by atoms with Gasteiger partial charge in [-0.1, -0.05) is 35.1 Å². The summed E-state index contributed by atoms with van der Waals surface area (Å²) >= 11 is 7.18. The third kappa shape index (κ3) is 4.70. The lowest BCUT2D eigenvalue weighted by Crippen LogP contribution is -2.36. The van der Waals surface area contributed by atoms with Crippen molar-refractivity contribution in [1.29, 1.82) is 0 Å². The molecule has 7 nitrogen and oxygen atoms in total. The first-order valence-corrected chi connectivity index (χ1v) is 9.58. The average Bonchev–Trinajstić information content (AvgIpc) is 3.25. The molecule has 1 N–H and O–H groups in total. The SMILES string of the molecule is CN(CC(=O)NCCc1ccc(Cl)cc1)c1nnc(N2CCCC2=O)s1. The van der Waals surface area contributed by atoms with Gasteiger partial charge >= 0.3 is 0 Å². The first-order chi connectivity index (χ1) is 12.5. The van der Waals surface area contributed by atoms with Crippen LogP contribution >= 0.6 is 22.9 Å². The van der Waals surface area contributed by atoms with Crippen LogP contribution in [-0.2, 0) is 16.0 Å². The number of nitrogens with zero attached hydrogens (tertiary/aromatic N) is 4. The Morgan fingerprint density at radius 2 is 2.12 bits per heavy atom. The molecule has 138 valence electrons. The van der Waals surface area contributed by atoms with Gasteiger partial charge in [0.15, 0.2) is 0 Å². The van der Waals surface area contributed by atoms with Crippen LogP contribution in [0.5, 0.6) is 0 Å². The monoisotopic (exact) mass is 393 g/mol. The van der Waals surface area contributed by atoms with E-state index in [0.717, 1.165) is 18.4 Å². The van der Waals surface area contributed by atoms with E-state index < -0.39 is 0 Å². The Bertz CT molecular complexity index is 780. The highest BCUT2D eigenvalue weighted by Gasteiger charge is 2.25. The zero-order chi connectivity index (χ0) is 18.5. The van der Waals surface area contributed by atoms with E-state index in [1.807, 2.05) is 24.3 Å². The molecule has 26 heavy (non-hydrogen) atoms. The van der Waals surface area contributed by atoms with Gasteiger partial charge in [0.1, 0.15) is 0 Å². The summed E-state index contributed by atoms with van der Waals surface area (Å²) in [6.45, 7) is 1.42. The third-order valence-corrected chi connectivity index (χ3v) is 5.38. The molecule has 3 rings (SSSR count). The standard InChI is InChI=1S/C17H20ClN5O2S/c1-22(16-20-21-17(26-16)23-10-2-3-15(23)25)11-14(24)19-9-8-12-4-6-13(18)7-5-12/h4-7H,2-3,8-11H2,1H3,(H,19,24). The summed E-state index contributed by atoms with van der Waals surface area (Å²) in [4.78, 5) is 27.3. The van der Waals surface area contributed by atoms with Crippen LogP contribution < -0.4 is 15.1 Å². The molecule has 1 saturated heterocycles. The highest BCUT2D eigenvalue weighted by Crippen LogP contribution is 2.29. The van der Waals surface area contributed by atoms with E-state index in [-0.39, 0.29) is 18.4 Å². The Hall–Kier alpha value is -2.19. The number of hydrogen-bond donors (Lipinski definition) is 1. The molecule has 1 fully saturated rings. The predicted molar refractivity (Wildman–Crippen MR) is 103 cm³/mol. The first-order valence-electron chi connectivity index (χ1n) is 8.39. The van der Waals surface area contributed by atoms with E-state index in [0.29, 0.717) is 34.8 Å². The number of halogens is 1. The predicted octanol–water partition coefficient (Wildman–Crippen LogP) is 2.11. The van der Waals surface area contributed by atoms with Crippen LogP contribution in [0.3, 0.4) is 0 Å². The second-order valence-corrected chi connectivity index (χ2v) is 7.47. The Labute approximate surface area is 161 Å². The maximum absolute atomic E-state index is 12.1. The van der Waals surface area contributed by atoms with Gasteiger partial charge in [-0.3, -0.25) is 14.5 Å². The van der Waals surface area contributed by atoms with E-state index in [1.165, 1.54) is 11.3 Å². The van der Waals surface area contributed by atoms with Crippen LogP contribution in [0.2, 0.25) is 5.02 Å². The fourth-order valence-electron chi connectivity index (χ4n) is 2.66. The van der Waals surface area contributed by atoms with Crippen molar-refractivity contribution >= 4 is 45.0 Å². The Morgan fingerprint density at radius 3 is 2.81 bits per heavy atom. The van der Waals surface area contributed by atoms with Gasteiger partial charge in [0, 0.05) is 31.6 Å². The second kappa shape index (κ2) is 8.46. The number of carbonyl (C=O) groups excluding carboxylic acids is 2. The number of aromatic nitrogens is 2. The summed E-state index contributed by atoms with van der Waals surface area (Å²) in [7, 11) is 1.79. The van der Waals surface area contributed by atoms with Crippen molar-refractivity contribution in [2.45, 2.75) is 19.3 Å². The number of carbonyl (C=O) groups is 2. The van der Waals surface area contributed by atoms with Gasteiger partial charge in [-0.15, -0.1) is 10.2 Å². The van der Waals surface area contributed by atoms with Crippen LogP contribution in [0, 0.1) is 0 Å². The minimum atomic E-state index is -0.0875. The molecule has 0 bridgehead atoms. The lowest BCUT2D eigenvalue weighted by atomic mass is 10.1. The van der Waals surface area contributed by atoms with E-state index in [4.69, 9.17) is 11.6 Å². The molecule has 0 saturated carbocycles. The van der Waals surface area contributed by atoms with Gasteiger partial charge in [-0.25, -0.2) is 0 Å². The lowest BCUT2D eigenvalue weighted by Gasteiger charge is -2.15. The van der Waals surface area contributed by atoms with E-state index >= 15 is 0 Å². The van der Waals surface area contributed by atoms with E-state index in [9.17, 15) is 9.59 Å². The van der Waals surface area contributed by atoms with Crippen LogP contribution in [0.15, 0.2) is 24.3 Å². The molecule has 2 amide bonds. The molecule has 2 aromatic rings. The highest BCUT2D eigenvalue weighted by molar-refractivity contribution is 7.19. The molecule has 1 aromatic heterocycles. The summed E-state index contributed by atoms with van der Waals surface area (Å²) in [5.41, 5.74) is 1.12. The molecule has 1 aliphatic rings. The van der Waals surface area contributed by atoms with Crippen molar-refractivity contribution < 1.29 is 9.59 Å². The van der Waals surface area contributed by atoms with Crippen molar-refractivity contribution in [1.82, 2.24) is 15.5 Å². The number of likely N-dealkylation sites (N-methyl/N-ethyl adjacent to an activating group) is 1. The van der Waals surface area contributed by atoms with Crippen molar-refractivity contribution in [3.8, 4) is 0 Å².